The van der Waals surface area contributed by atoms with E-state index in [1.807, 2.05) is 0 Å². The van der Waals surface area contributed by atoms with E-state index in [1.165, 1.54) is 12.4 Å². The van der Waals surface area contributed by atoms with Gasteiger partial charge in [-0.25, -0.2) is 0 Å². The maximum absolute atomic E-state index is 9.79. The average Bonchev–Trinajstić information content (AvgIpc) is 2.15. The van der Waals surface area contributed by atoms with E-state index >= 15 is 0 Å². The lowest BCUT2D eigenvalue weighted by Gasteiger charge is -1.98. The van der Waals surface area contributed by atoms with E-state index in [2.05, 4.69) is 14.7 Å². The van der Waals surface area contributed by atoms with Crippen LogP contribution in [0.3, 0.4) is 0 Å². The van der Waals surface area contributed by atoms with Gasteiger partial charge in [-0.2, -0.15) is 0 Å². The summed E-state index contributed by atoms with van der Waals surface area (Å²) in [7, 11) is 0. The molecule has 0 saturated heterocycles. The van der Waals surface area contributed by atoms with Gasteiger partial charge >= 0.3 is 0 Å². The first kappa shape index (κ1) is 8.61. The van der Waals surface area contributed by atoms with E-state index < -0.39 is 0 Å². The van der Waals surface area contributed by atoms with Crippen LogP contribution in [0.25, 0.3) is 0 Å². The standard InChI is InChI=1S/C7H8N2O3/c10-3-6-1-9-7(2-8-6)4-12-5-11/h1-2,5,10H,3-4H2. The number of ether oxygens (including phenoxy) is 1. The number of hydrogen-bond acceptors (Lipinski definition) is 5. The minimum absolute atomic E-state index is 0.113. The third-order valence-electron chi connectivity index (χ3n) is 1.22. The maximum atomic E-state index is 9.79. The fraction of sp³-hybridized carbons (Fsp3) is 0.286. The summed E-state index contributed by atoms with van der Waals surface area (Å²) in [4.78, 5) is 17.5. The number of carbonyl (C=O) groups is 1. The van der Waals surface area contributed by atoms with Crippen LogP contribution >= 0.6 is 0 Å². The first-order chi connectivity index (χ1) is 5.86. The van der Waals surface area contributed by atoms with Crippen molar-refractivity contribution in [3.8, 4) is 0 Å². The Morgan fingerprint density at radius 2 is 2.08 bits per heavy atom. The zero-order valence-electron chi connectivity index (χ0n) is 6.30. The minimum atomic E-state index is -0.137. The van der Waals surface area contributed by atoms with E-state index in [0.717, 1.165) is 0 Å². The van der Waals surface area contributed by atoms with Gasteiger partial charge in [0, 0.05) is 0 Å². The molecule has 0 fully saturated rings. The van der Waals surface area contributed by atoms with Crippen LogP contribution in [0.4, 0.5) is 0 Å². The molecule has 0 amide bonds. The van der Waals surface area contributed by atoms with Crippen LogP contribution in [0.5, 0.6) is 0 Å². The molecule has 1 aromatic rings. The molecule has 1 rings (SSSR count). The van der Waals surface area contributed by atoms with Crippen LogP contribution in [0.2, 0.25) is 0 Å². The van der Waals surface area contributed by atoms with Crippen molar-refractivity contribution in [1.82, 2.24) is 9.97 Å². The van der Waals surface area contributed by atoms with E-state index in [-0.39, 0.29) is 13.2 Å². The predicted molar refractivity (Wildman–Crippen MR) is 38.8 cm³/mol. The quantitative estimate of drug-likeness (QED) is 0.621. The molecular formula is C7H8N2O3. The number of carbonyl (C=O) groups excluding carboxylic acids is 1. The van der Waals surface area contributed by atoms with Crippen LogP contribution < -0.4 is 0 Å². The minimum Gasteiger partial charge on any atom is -0.461 e. The molecule has 5 heteroatoms. The number of aliphatic hydroxyl groups is 1. The molecule has 0 unspecified atom stereocenters. The monoisotopic (exact) mass is 168 g/mol. The molecule has 1 aromatic heterocycles. The molecular weight excluding hydrogens is 160 g/mol. The molecule has 0 aliphatic rings. The molecule has 12 heavy (non-hydrogen) atoms. The number of aliphatic hydroxyl groups excluding tert-OH is 1. The molecule has 0 aromatic carbocycles. The highest BCUT2D eigenvalue weighted by Gasteiger charge is 1.95. The van der Waals surface area contributed by atoms with Gasteiger partial charge < -0.3 is 9.84 Å². The average molecular weight is 168 g/mol. The summed E-state index contributed by atoms with van der Waals surface area (Å²) in [6, 6.07) is 0. The Morgan fingerprint density at radius 3 is 2.58 bits per heavy atom. The molecule has 1 N–H and O–H groups in total. The van der Waals surface area contributed by atoms with Gasteiger partial charge in [0.05, 0.1) is 30.4 Å². The van der Waals surface area contributed by atoms with Crippen molar-refractivity contribution >= 4 is 6.47 Å². The second kappa shape index (κ2) is 4.40. The zero-order valence-corrected chi connectivity index (χ0v) is 6.30. The second-order valence-corrected chi connectivity index (χ2v) is 2.06. The zero-order chi connectivity index (χ0) is 8.81. The molecule has 0 atom stereocenters. The van der Waals surface area contributed by atoms with Crippen molar-refractivity contribution < 1.29 is 14.6 Å². The molecule has 64 valence electrons. The first-order valence-corrected chi connectivity index (χ1v) is 3.32. The molecule has 0 aliphatic carbocycles. The van der Waals surface area contributed by atoms with Crippen LogP contribution in [0.15, 0.2) is 12.4 Å². The molecule has 5 nitrogen and oxygen atoms in total. The van der Waals surface area contributed by atoms with Crippen LogP contribution in [-0.4, -0.2) is 21.5 Å². The van der Waals surface area contributed by atoms with E-state index in [9.17, 15) is 4.79 Å². The molecule has 0 bridgehead atoms. The fourth-order valence-electron chi connectivity index (χ4n) is 0.657. The van der Waals surface area contributed by atoms with Gasteiger partial charge in [-0.15, -0.1) is 0 Å². The first-order valence-electron chi connectivity index (χ1n) is 3.32. The van der Waals surface area contributed by atoms with Crippen molar-refractivity contribution in [2.45, 2.75) is 13.2 Å². The van der Waals surface area contributed by atoms with Crippen molar-refractivity contribution in [2.24, 2.45) is 0 Å². The topological polar surface area (TPSA) is 72.3 Å². The van der Waals surface area contributed by atoms with Crippen LogP contribution in [-0.2, 0) is 22.7 Å². The summed E-state index contributed by atoms with van der Waals surface area (Å²) in [5, 5.41) is 8.61. The van der Waals surface area contributed by atoms with Crippen LogP contribution in [0.1, 0.15) is 11.4 Å². The van der Waals surface area contributed by atoms with Gasteiger partial charge in [-0.05, 0) is 0 Å². The van der Waals surface area contributed by atoms with Crippen molar-refractivity contribution in [2.75, 3.05) is 0 Å². The summed E-state index contributed by atoms with van der Waals surface area (Å²) in [6.45, 7) is 0.325. The largest absolute Gasteiger partial charge is 0.461 e. The second-order valence-electron chi connectivity index (χ2n) is 2.06. The van der Waals surface area contributed by atoms with Gasteiger partial charge in [0.2, 0.25) is 0 Å². The summed E-state index contributed by atoms with van der Waals surface area (Å²) < 4.78 is 4.45. The van der Waals surface area contributed by atoms with Crippen LogP contribution in [0, 0.1) is 0 Å². The van der Waals surface area contributed by atoms with E-state index in [1.54, 1.807) is 0 Å². The van der Waals surface area contributed by atoms with E-state index in [0.29, 0.717) is 17.9 Å². The van der Waals surface area contributed by atoms with Gasteiger partial charge in [0.15, 0.2) is 0 Å². The lowest BCUT2D eigenvalue weighted by molar-refractivity contribution is -0.129. The third kappa shape index (κ3) is 2.28. The molecule has 1 heterocycles. The summed E-state index contributed by atoms with van der Waals surface area (Å²) in [6.07, 6.45) is 2.89. The van der Waals surface area contributed by atoms with Gasteiger partial charge in [0.25, 0.3) is 6.47 Å². The van der Waals surface area contributed by atoms with Crippen molar-refractivity contribution in [3.05, 3.63) is 23.8 Å². The molecule has 0 spiro atoms. The van der Waals surface area contributed by atoms with E-state index in [4.69, 9.17) is 5.11 Å². The number of nitrogens with zero attached hydrogens (tertiary/aromatic N) is 2. The Kier molecular flexibility index (Phi) is 3.16. The number of aromatic nitrogens is 2. The number of hydrogen-bond donors (Lipinski definition) is 1. The van der Waals surface area contributed by atoms with Crippen molar-refractivity contribution in [1.29, 1.82) is 0 Å². The summed E-state index contributed by atoms with van der Waals surface area (Å²) in [5.74, 6) is 0. The van der Waals surface area contributed by atoms with Gasteiger partial charge in [-0.3, -0.25) is 14.8 Å². The Morgan fingerprint density at radius 1 is 1.42 bits per heavy atom. The predicted octanol–water partition coefficient (Wildman–Crippen LogP) is -0.358. The normalized spacial score (nSPS) is 9.42. The number of rotatable bonds is 4. The smallest absolute Gasteiger partial charge is 0.293 e. The highest BCUT2D eigenvalue weighted by Crippen LogP contribution is 1.96. The third-order valence-corrected chi connectivity index (χ3v) is 1.22. The summed E-state index contributed by atoms with van der Waals surface area (Å²) >= 11 is 0. The summed E-state index contributed by atoms with van der Waals surface area (Å²) in [5.41, 5.74) is 1.05. The Hall–Kier alpha value is -1.49. The highest BCUT2D eigenvalue weighted by molar-refractivity contribution is 5.37. The Bertz CT molecular complexity index is 247. The lowest BCUT2D eigenvalue weighted by atomic mass is 10.4. The molecule has 0 radical (unpaired) electrons. The SMILES string of the molecule is O=COCc1cnc(CO)cn1. The maximum Gasteiger partial charge on any atom is 0.293 e. The molecule has 0 aliphatic heterocycles. The molecule has 0 saturated carbocycles. The van der Waals surface area contributed by atoms with Gasteiger partial charge in [-0.1, -0.05) is 0 Å². The highest BCUT2D eigenvalue weighted by atomic mass is 16.5. The Balaban J connectivity index is 2.58. The van der Waals surface area contributed by atoms with Crippen molar-refractivity contribution in [3.63, 3.8) is 0 Å². The van der Waals surface area contributed by atoms with Gasteiger partial charge in [0.1, 0.15) is 6.61 Å². The Labute approximate surface area is 69.0 Å². The lowest BCUT2D eigenvalue weighted by Crippen LogP contribution is -1.97. The fourth-order valence-corrected chi connectivity index (χ4v) is 0.657.